The number of guanidine groups is 1. The quantitative estimate of drug-likeness (QED) is 0.351. The third kappa shape index (κ3) is 7.34. The number of nitrogens with one attached hydrogen (secondary N) is 2. The van der Waals surface area contributed by atoms with Crippen LogP contribution in [0.3, 0.4) is 0 Å². The summed E-state index contributed by atoms with van der Waals surface area (Å²) >= 11 is 2.01. The zero-order chi connectivity index (χ0) is 18.1. The fourth-order valence-electron chi connectivity index (χ4n) is 2.92. The molecule has 0 spiro atoms. The number of halogens is 1. The van der Waals surface area contributed by atoms with E-state index >= 15 is 0 Å². The zero-order valence-corrected chi connectivity index (χ0v) is 19.1. The molecule has 0 bridgehead atoms. The lowest BCUT2D eigenvalue weighted by Gasteiger charge is -2.25. The predicted molar refractivity (Wildman–Crippen MR) is 122 cm³/mol. The van der Waals surface area contributed by atoms with E-state index in [0.29, 0.717) is 19.0 Å². The minimum Gasteiger partial charge on any atom is -0.355 e. The fraction of sp³-hybridized carbons (Fsp3) is 0.579. The number of aliphatic imine (C=N–C) groups is 1. The normalized spacial score (nSPS) is 19.6. The molecule has 5 nitrogen and oxygen atoms in total. The van der Waals surface area contributed by atoms with Gasteiger partial charge < -0.3 is 15.5 Å². The van der Waals surface area contributed by atoms with Gasteiger partial charge in [0.1, 0.15) is 0 Å². The molecule has 7 heteroatoms. The molecular weight excluding hydrogens is 459 g/mol. The second kappa shape index (κ2) is 11.7. The summed E-state index contributed by atoms with van der Waals surface area (Å²) in [5.74, 6) is 2.00. The van der Waals surface area contributed by atoms with Crippen LogP contribution in [0.15, 0.2) is 35.3 Å². The molecule has 1 saturated heterocycles. The number of likely N-dealkylation sites (N-methyl/N-ethyl adjacent to an activating group) is 1. The lowest BCUT2D eigenvalue weighted by molar-refractivity contribution is -0.130. The molecule has 1 fully saturated rings. The molecule has 0 aliphatic carbocycles. The van der Waals surface area contributed by atoms with Crippen LogP contribution in [0.5, 0.6) is 0 Å². The highest BCUT2D eigenvalue weighted by atomic mass is 127. The van der Waals surface area contributed by atoms with Crippen molar-refractivity contribution in [3.63, 3.8) is 0 Å². The van der Waals surface area contributed by atoms with Crippen molar-refractivity contribution >= 4 is 47.6 Å². The number of hydrogen-bond donors (Lipinski definition) is 2. The van der Waals surface area contributed by atoms with Gasteiger partial charge in [-0.05, 0) is 38.0 Å². The van der Waals surface area contributed by atoms with Crippen LogP contribution in [0, 0.1) is 0 Å². The summed E-state index contributed by atoms with van der Waals surface area (Å²) in [4.78, 5) is 18.6. The third-order valence-electron chi connectivity index (χ3n) is 4.51. The Bertz CT molecular complexity index is 576. The van der Waals surface area contributed by atoms with Gasteiger partial charge in [-0.3, -0.25) is 9.79 Å². The van der Waals surface area contributed by atoms with E-state index in [2.05, 4.69) is 22.5 Å². The Balaban J connectivity index is 0.00000338. The van der Waals surface area contributed by atoms with E-state index in [1.165, 1.54) is 18.6 Å². The molecule has 0 radical (unpaired) electrons. The van der Waals surface area contributed by atoms with Gasteiger partial charge in [0.15, 0.2) is 5.96 Å². The Labute approximate surface area is 178 Å². The van der Waals surface area contributed by atoms with Crippen molar-refractivity contribution < 1.29 is 4.79 Å². The van der Waals surface area contributed by atoms with Crippen LogP contribution in [0.2, 0.25) is 0 Å². The molecule has 1 unspecified atom stereocenters. The number of nitrogens with zero attached hydrogens (tertiary/aromatic N) is 2. The second-order valence-corrected chi connectivity index (χ2v) is 8.26. The molecule has 1 heterocycles. The Morgan fingerprint density at radius 3 is 2.62 bits per heavy atom. The molecule has 1 aliphatic rings. The van der Waals surface area contributed by atoms with Crippen molar-refractivity contribution in [3.05, 3.63) is 35.9 Å². The van der Waals surface area contributed by atoms with Crippen LogP contribution in [0.25, 0.3) is 0 Å². The Morgan fingerprint density at radius 2 is 2.04 bits per heavy atom. The lowest BCUT2D eigenvalue weighted by atomic mass is 10.1. The van der Waals surface area contributed by atoms with Gasteiger partial charge in [-0.25, -0.2) is 0 Å². The largest absolute Gasteiger partial charge is 0.355 e. The van der Waals surface area contributed by atoms with E-state index in [9.17, 15) is 4.79 Å². The van der Waals surface area contributed by atoms with Crippen molar-refractivity contribution in [2.24, 2.45) is 4.99 Å². The van der Waals surface area contributed by atoms with Crippen molar-refractivity contribution in [2.75, 3.05) is 32.4 Å². The number of benzene rings is 1. The summed E-state index contributed by atoms with van der Waals surface area (Å²) < 4.78 is 0.268. The van der Waals surface area contributed by atoms with Gasteiger partial charge in [0.25, 0.3) is 0 Å². The van der Waals surface area contributed by atoms with Gasteiger partial charge in [-0.1, -0.05) is 30.3 Å². The minimum absolute atomic E-state index is 0. The van der Waals surface area contributed by atoms with E-state index in [4.69, 9.17) is 0 Å². The Kier molecular flexibility index (Phi) is 10.4. The van der Waals surface area contributed by atoms with Crippen molar-refractivity contribution in [2.45, 2.75) is 38.0 Å². The van der Waals surface area contributed by atoms with E-state index in [-0.39, 0.29) is 41.2 Å². The standard InChI is InChI=1S/C19H30N4OS.HI/c1-4-23(14-16-9-6-5-7-10-16)17(24)13-21-18(20-3)22-15-19(2)11-8-12-25-19;/h5-7,9-10H,4,8,11-15H2,1-3H3,(H2,20,21,22);1H. The topological polar surface area (TPSA) is 56.7 Å². The van der Waals surface area contributed by atoms with E-state index in [0.717, 1.165) is 12.1 Å². The highest BCUT2D eigenvalue weighted by Crippen LogP contribution is 2.36. The Hall–Kier alpha value is -0.960. The zero-order valence-electron chi connectivity index (χ0n) is 16.0. The highest BCUT2D eigenvalue weighted by molar-refractivity contribution is 14.0. The summed E-state index contributed by atoms with van der Waals surface area (Å²) in [5.41, 5.74) is 1.14. The van der Waals surface area contributed by atoms with Gasteiger partial charge in [-0.15, -0.1) is 24.0 Å². The molecule has 1 aliphatic heterocycles. The molecule has 146 valence electrons. The lowest BCUT2D eigenvalue weighted by Crippen LogP contribution is -2.47. The highest BCUT2D eigenvalue weighted by Gasteiger charge is 2.29. The van der Waals surface area contributed by atoms with Crippen molar-refractivity contribution in [1.29, 1.82) is 0 Å². The summed E-state index contributed by atoms with van der Waals surface area (Å²) in [5, 5.41) is 6.51. The third-order valence-corrected chi connectivity index (χ3v) is 6.05. The van der Waals surface area contributed by atoms with Crippen LogP contribution < -0.4 is 10.6 Å². The predicted octanol–water partition coefficient (Wildman–Crippen LogP) is 3.10. The van der Waals surface area contributed by atoms with E-state index in [1.54, 1.807) is 7.05 Å². The van der Waals surface area contributed by atoms with Crippen LogP contribution in [0.1, 0.15) is 32.3 Å². The molecule has 1 aromatic rings. The van der Waals surface area contributed by atoms with E-state index in [1.807, 2.05) is 53.9 Å². The van der Waals surface area contributed by atoms with Crippen LogP contribution in [0.4, 0.5) is 0 Å². The number of hydrogen-bond acceptors (Lipinski definition) is 3. The molecule has 1 aromatic carbocycles. The fourth-order valence-corrected chi connectivity index (χ4v) is 4.16. The molecule has 1 atom stereocenters. The number of carbonyl (C=O) groups excluding carboxylic acids is 1. The molecule has 0 aromatic heterocycles. The summed E-state index contributed by atoms with van der Waals surface area (Å²) in [6.45, 7) is 6.74. The van der Waals surface area contributed by atoms with Gasteiger partial charge >= 0.3 is 0 Å². The summed E-state index contributed by atoms with van der Waals surface area (Å²) in [6.07, 6.45) is 2.50. The number of thioether (sulfide) groups is 1. The maximum Gasteiger partial charge on any atom is 0.242 e. The van der Waals surface area contributed by atoms with Crippen LogP contribution in [-0.2, 0) is 11.3 Å². The van der Waals surface area contributed by atoms with Gasteiger partial charge in [-0.2, -0.15) is 11.8 Å². The minimum atomic E-state index is 0. The maximum atomic E-state index is 12.5. The first kappa shape index (κ1) is 23.1. The smallest absolute Gasteiger partial charge is 0.242 e. The SMILES string of the molecule is CCN(Cc1ccccc1)C(=O)CNC(=NC)NCC1(C)CCCS1.I. The van der Waals surface area contributed by atoms with Gasteiger partial charge in [0.2, 0.25) is 5.91 Å². The number of carbonyl (C=O) groups is 1. The van der Waals surface area contributed by atoms with Crippen molar-refractivity contribution in [1.82, 2.24) is 15.5 Å². The molecule has 2 N–H and O–H groups in total. The molecule has 0 saturated carbocycles. The van der Waals surface area contributed by atoms with Crippen LogP contribution >= 0.6 is 35.7 Å². The first-order chi connectivity index (χ1) is 12.1. The Morgan fingerprint density at radius 1 is 1.31 bits per heavy atom. The molecule has 2 rings (SSSR count). The molecule has 26 heavy (non-hydrogen) atoms. The van der Waals surface area contributed by atoms with E-state index < -0.39 is 0 Å². The van der Waals surface area contributed by atoms with Crippen molar-refractivity contribution in [3.8, 4) is 0 Å². The first-order valence-corrected chi connectivity index (χ1v) is 9.95. The maximum absolute atomic E-state index is 12.5. The summed E-state index contributed by atoms with van der Waals surface area (Å²) in [7, 11) is 1.74. The van der Waals surface area contributed by atoms with Crippen LogP contribution in [-0.4, -0.2) is 53.9 Å². The summed E-state index contributed by atoms with van der Waals surface area (Å²) in [6, 6.07) is 10.1. The number of amides is 1. The first-order valence-electron chi connectivity index (χ1n) is 8.96. The monoisotopic (exact) mass is 490 g/mol. The average molecular weight is 490 g/mol. The van der Waals surface area contributed by atoms with Gasteiger partial charge in [0, 0.05) is 31.4 Å². The second-order valence-electron chi connectivity index (χ2n) is 6.57. The number of rotatable bonds is 7. The molecule has 1 amide bonds. The van der Waals surface area contributed by atoms with Gasteiger partial charge in [0.05, 0.1) is 6.54 Å². The average Bonchev–Trinajstić information content (AvgIpc) is 3.07. The molecular formula is C19H31IN4OS.